The van der Waals surface area contributed by atoms with E-state index in [1.54, 1.807) is 0 Å². The maximum atomic E-state index is 13.3. The molecule has 0 amide bonds. The molecule has 2 aromatic rings. The molecular formula is C12H12BrFN2O2S2. The SMILES string of the molecule is Nc1c(F)cccc1S(=O)(=O)NCCc1ccc(Br)s1. The Morgan fingerprint density at radius 2 is 2.05 bits per heavy atom. The van der Waals surface area contributed by atoms with Gasteiger partial charge in [-0.2, -0.15) is 0 Å². The van der Waals surface area contributed by atoms with Crippen molar-refractivity contribution in [2.24, 2.45) is 0 Å². The number of nitrogens with one attached hydrogen (secondary N) is 1. The Hall–Kier alpha value is -0.960. The zero-order valence-electron chi connectivity index (χ0n) is 10.3. The molecule has 1 aromatic heterocycles. The van der Waals surface area contributed by atoms with Crippen LogP contribution in [0.4, 0.5) is 10.1 Å². The average molecular weight is 379 g/mol. The number of hydrogen-bond donors (Lipinski definition) is 2. The highest BCUT2D eigenvalue weighted by Gasteiger charge is 2.18. The van der Waals surface area contributed by atoms with Gasteiger partial charge in [0, 0.05) is 11.4 Å². The highest BCUT2D eigenvalue weighted by Crippen LogP contribution is 2.23. The molecule has 20 heavy (non-hydrogen) atoms. The van der Waals surface area contributed by atoms with Gasteiger partial charge in [-0.3, -0.25) is 0 Å². The molecule has 108 valence electrons. The Bertz CT molecular complexity index is 716. The average Bonchev–Trinajstić information content (AvgIpc) is 2.78. The summed E-state index contributed by atoms with van der Waals surface area (Å²) in [5, 5.41) is 0. The van der Waals surface area contributed by atoms with Gasteiger partial charge in [0.2, 0.25) is 10.0 Å². The first-order chi connectivity index (χ1) is 9.40. The van der Waals surface area contributed by atoms with E-state index in [0.717, 1.165) is 14.7 Å². The van der Waals surface area contributed by atoms with Crippen molar-refractivity contribution in [3.63, 3.8) is 0 Å². The van der Waals surface area contributed by atoms with Crippen LogP contribution in [-0.2, 0) is 16.4 Å². The Balaban J connectivity index is 2.06. The molecule has 1 heterocycles. The Kier molecular flexibility index (Phi) is 4.79. The molecule has 0 saturated carbocycles. The van der Waals surface area contributed by atoms with E-state index in [-0.39, 0.29) is 17.1 Å². The molecular weight excluding hydrogens is 367 g/mol. The number of thiophene rings is 1. The quantitative estimate of drug-likeness (QED) is 0.785. The molecule has 0 atom stereocenters. The largest absolute Gasteiger partial charge is 0.395 e. The van der Waals surface area contributed by atoms with E-state index in [9.17, 15) is 12.8 Å². The minimum atomic E-state index is -3.80. The van der Waals surface area contributed by atoms with Gasteiger partial charge < -0.3 is 5.73 Å². The zero-order valence-corrected chi connectivity index (χ0v) is 13.5. The van der Waals surface area contributed by atoms with Crippen molar-refractivity contribution in [2.45, 2.75) is 11.3 Å². The molecule has 1 aromatic carbocycles. The fraction of sp³-hybridized carbons (Fsp3) is 0.167. The van der Waals surface area contributed by atoms with Crippen molar-refractivity contribution in [2.75, 3.05) is 12.3 Å². The van der Waals surface area contributed by atoms with Crippen molar-refractivity contribution in [3.8, 4) is 0 Å². The molecule has 0 aliphatic carbocycles. The number of hydrogen-bond acceptors (Lipinski definition) is 4. The van der Waals surface area contributed by atoms with Crippen LogP contribution in [0.2, 0.25) is 0 Å². The molecule has 0 fully saturated rings. The van der Waals surface area contributed by atoms with Crippen LogP contribution in [0.25, 0.3) is 0 Å². The molecule has 0 radical (unpaired) electrons. The summed E-state index contributed by atoms with van der Waals surface area (Å²) in [5.41, 5.74) is 5.09. The second-order valence-corrected chi connectivity index (χ2v) is 8.29. The van der Waals surface area contributed by atoms with Crippen LogP contribution in [0.3, 0.4) is 0 Å². The summed E-state index contributed by atoms with van der Waals surface area (Å²) in [5.74, 6) is -0.741. The number of benzene rings is 1. The van der Waals surface area contributed by atoms with E-state index in [2.05, 4.69) is 20.7 Å². The van der Waals surface area contributed by atoms with Crippen molar-refractivity contribution in [1.82, 2.24) is 4.72 Å². The van der Waals surface area contributed by atoms with Gasteiger partial charge in [0.05, 0.1) is 9.47 Å². The molecule has 0 aliphatic heterocycles. The minimum absolute atomic E-state index is 0.227. The molecule has 4 nitrogen and oxygen atoms in total. The van der Waals surface area contributed by atoms with Crippen LogP contribution in [-0.4, -0.2) is 15.0 Å². The Labute approximate surface area is 129 Å². The van der Waals surface area contributed by atoms with Gasteiger partial charge in [0.25, 0.3) is 0 Å². The van der Waals surface area contributed by atoms with Crippen LogP contribution >= 0.6 is 27.3 Å². The molecule has 8 heteroatoms. The number of nitrogen functional groups attached to an aromatic ring is 1. The number of para-hydroxylation sites is 1. The van der Waals surface area contributed by atoms with Gasteiger partial charge in [-0.05, 0) is 46.6 Å². The number of anilines is 1. The fourth-order valence-electron chi connectivity index (χ4n) is 1.62. The summed E-state index contributed by atoms with van der Waals surface area (Å²) in [4.78, 5) is 0.816. The normalized spacial score (nSPS) is 11.7. The summed E-state index contributed by atoms with van der Waals surface area (Å²) in [7, 11) is -3.80. The smallest absolute Gasteiger partial charge is 0.242 e. The minimum Gasteiger partial charge on any atom is -0.395 e. The van der Waals surface area contributed by atoms with Crippen LogP contribution < -0.4 is 10.5 Å². The highest BCUT2D eigenvalue weighted by atomic mass is 79.9. The van der Waals surface area contributed by atoms with Crippen LogP contribution in [0.15, 0.2) is 39.0 Å². The fourth-order valence-corrected chi connectivity index (χ4v) is 4.28. The van der Waals surface area contributed by atoms with Crippen molar-refractivity contribution < 1.29 is 12.8 Å². The number of sulfonamides is 1. The van der Waals surface area contributed by atoms with Crippen molar-refractivity contribution in [1.29, 1.82) is 0 Å². The van der Waals surface area contributed by atoms with Gasteiger partial charge in [-0.1, -0.05) is 6.07 Å². The van der Waals surface area contributed by atoms with E-state index in [1.165, 1.54) is 23.5 Å². The Morgan fingerprint density at radius 3 is 2.70 bits per heavy atom. The summed E-state index contributed by atoms with van der Waals surface area (Å²) in [6.45, 7) is 0.227. The van der Waals surface area contributed by atoms with Gasteiger partial charge in [0.1, 0.15) is 10.7 Å². The number of halogens is 2. The van der Waals surface area contributed by atoms with Crippen LogP contribution in [0.1, 0.15) is 4.88 Å². The predicted molar refractivity (Wildman–Crippen MR) is 81.7 cm³/mol. The summed E-state index contributed by atoms with van der Waals surface area (Å²) < 4.78 is 40.8. The second-order valence-electron chi connectivity index (χ2n) is 4.01. The van der Waals surface area contributed by atoms with Crippen LogP contribution in [0, 0.1) is 5.82 Å². The number of nitrogens with two attached hydrogens (primary N) is 1. The summed E-state index contributed by atoms with van der Waals surface area (Å²) >= 11 is 4.88. The lowest BCUT2D eigenvalue weighted by molar-refractivity contribution is 0.579. The van der Waals surface area contributed by atoms with Gasteiger partial charge in [0.15, 0.2) is 0 Å². The van der Waals surface area contributed by atoms with Crippen LogP contribution in [0.5, 0.6) is 0 Å². The Morgan fingerprint density at radius 1 is 1.30 bits per heavy atom. The molecule has 0 unspecified atom stereocenters. The lowest BCUT2D eigenvalue weighted by atomic mass is 10.3. The van der Waals surface area contributed by atoms with E-state index in [1.807, 2.05) is 12.1 Å². The zero-order chi connectivity index (χ0) is 14.8. The molecule has 3 N–H and O–H groups in total. The second kappa shape index (κ2) is 6.21. The topological polar surface area (TPSA) is 72.2 Å². The van der Waals surface area contributed by atoms with E-state index >= 15 is 0 Å². The molecule has 0 bridgehead atoms. The van der Waals surface area contributed by atoms with E-state index < -0.39 is 15.8 Å². The molecule has 2 rings (SSSR count). The third-order valence-corrected chi connectivity index (χ3v) is 5.80. The predicted octanol–water partition coefficient (Wildman–Crippen LogP) is 2.75. The number of rotatable bonds is 5. The van der Waals surface area contributed by atoms with E-state index in [4.69, 9.17) is 5.73 Å². The van der Waals surface area contributed by atoms with Crippen molar-refractivity contribution >= 4 is 43.0 Å². The van der Waals surface area contributed by atoms with Crippen molar-refractivity contribution in [3.05, 3.63) is 44.8 Å². The lowest BCUT2D eigenvalue weighted by Crippen LogP contribution is -2.26. The summed E-state index contributed by atoms with van der Waals surface area (Å²) in [6.07, 6.45) is 0.560. The first-order valence-electron chi connectivity index (χ1n) is 5.68. The van der Waals surface area contributed by atoms with Gasteiger partial charge in [-0.15, -0.1) is 11.3 Å². The third-order valence-electron chi connectivity index (χ3n) is 2.59. The monoisotopic (exact) mass is 378 g/mol. The first-order valence-corrected chi connectivity index (χ1v) is 8.77. The van der Waals surface area contributed by atoms with Gasteiger partial charge in [-0.25, -0.2) is 17.5 Å². The lowest BCUT2D eigenvalue weighted by Gasteiger charge is -2.09. The first kappa shape index (κ1) is 15.4. The standard InChI is InChI=1S/C12H12BrFN2O2S2/c13-11-5-4-8(19-11)6-7-16-20(17,18)10-3-1-2-9(14)12(10)15/h1-5,16H,6-7,15H2. The van der Waals surface area contributed by atoms with Gasteiger partial charge >= 0.3 is 0 Å². The highest BCUT2D eigenvalue weighted by molar-refractivity contribution is 9.11. The maximum Gasteiger partial charge on any atom is 0.242 e. The maximum absolute atomic E-state index is 13.3. The molecule has 0 spiro atoms. The molecule has 0 aliphatic rings. The summed E-state index contributed by atoms with van der Waals surface area (Å²) in [6, 6.07) is 7.54. The van der Waals surface area contributed by atoms with E-state index in [0.29, 0.717) is 6.42 Å². The molecule has 0 saturated heterocycles. The third kappa shape index (κ3) is 3.57.